The molecule has 1 unspecified atom stereocenters. The van der Waals surface area contributed by atoms with Crippen LogP contribution in [0.1, 0.15) is 290 Å². The fourth-order valence-corrected chi connectivity index (χ4v) is 8.69. The SMILES string of the molecule is CC/C=C\C/C=C\C/C=C\C/C=C\CCCCCCCCC(=O)OC(COC(=O)CCCCCC/C=C\C/C=C\C/C=C\C/C=C\CC)COC(=O)CCCCCCCCCCCCC/C=C\C/C=C\CCCCCCC. The van der Waals surface area contributed by atoms with Crippen LogP contribution in [0.25, 0.3) is 0 Å². The highest BCUT2D eigenvalue weighted by molar-refractivity contribution is 5.71. The van der Waals surface area contributed by atoms with E-state index in [-0.39, 0.29) is 31.1 Å². The van der Waals surface area contributed by atoms with Gasteiger partial charge >= 0.3 is 17.9 Å². The van der Waals surface area contributed by atoms with Crippen molar-refractivity contribution in [3.8, 4) is 0 Å². The van der Waals surface area contributed by atoms with Crippen molar-refractivity contribution in [2.24, 2.45) is 0 Å². The maximum atomic E-state index is 12.9. The van der Waals surface area contributed by atoms with E-state index >= 15 is 0 Å². The van der Waals surface area contributed by atoms with Gasteiger partial charge in [-0.3, -0.25) is 14.4 Å². The van der Waals surface area contributed by atoms with Crippen LogP contribution < -0.4 is 0 Å². The molecule has 1 atom stereocenters. The summed E-state index contributed by atoms with van der Waals surface area (Å²) in [4.78, 5) is 38.4. The van der Waals surface area contributed by atoms with Gasteiger partial charge in [-0.25, -0.2) is 0 Å². The molecule has 77 heavy (non-hydrogen) atoms. The lowest BCUT2D eigenvalue weighted by atomic mass is 10.0. The molecule has 0 aromatic rings. The lowest BCUT2D eigenvalue weighted by Crippen LogP contribution is -2.30. The number of hydrogen-bond acceptors (Lipinski definition) is 6. The van der Waals surface area contributed by atoms with Gasteiger partial charge in [-0.05, 0) is 128 Å². The molecule has 0 rings (SSSR count). The minimum atomic E-state index is -0.802. The molecule has 0 aliphatic rings. The molecule has 0 aromatic carbocycles. The van der Waals surface area contributed by atoms with Crippen molar-refractivity contribution in [2.45, 2.75) is 297 Å². The Bertz CT molecular complexity index is 1600. The van der Waals surface area contributed by atoms with E-state index in [1.807, 2.05) is 0 Å². The molecule has 438 valence electrons. The van der Waals surface area contributed by atoms with E-state index in [0.717, 1.165) is 141 Å². The molecule has 6 nitrogen and oxygen atoms in total. The van der Waals surface area contributed by atoms with Crippen LogP contribution in [0.5, 0.6) is 0 Å². The first kappa shape index (κ1) is 72.8. The van der Waals surface area contributed by atoms with Crippen LogP contribution in [0.3, 0.4) is 0 Å². The van der Waals surface area contributed by atoms with E-state index in [1.165, 1.54) is 109 Å². The van der Waals surface area contributed by atoms with E-state index in [2.05, 4.69) is 142 Å². The maximum Gasteiger partial charge on any atom is 0.306 e. The summed E-state index contributed by atoms with van der Waals surface area (Å²) >= 11 is 0. The highest BCUT2D eigenvalue weighted by Crippen LogP contribution is 2.15. The Hall–Kier alpha value is -4.19. The first-order valence-corrected chi connectivity index (χ1v) is 32.0. The van der Waals surface area contributed by atoms with Gasteiger partial charge in [-0.15, -0.1) is 0 Å². The lowest BCUT2D eigenvalue weighted by Gasteiger charge is -2.18. The van der Waals surface area contributed by atoms with E-state index < -0.39 is 6.10 Å². The molecule has 0 saturated carbocycles. The maximum absolute atomic E-state index is 12.9. The molecule has 0 heterocycles. The molecule has 6 heteroatoms. The largest absolute Gasteiger partial charge is 0.462 e. The Morgan fingerprint density at radius 3 is 0.792 bits per heavy atom. The fraction of sp³-hybridized carbons (Fsp3) is 0.676. The highest BCUT2D eigenvalue weighted by Gasteiger charge is 2.19. The van der Waals surface area contributed by atoms with Crippen LogP contribution >= 0.6 is 0 Å². The van der Waals surface area contributed by atoms with Crippen LogP contribution in [0.2, 0.25) is 0 Å². The van der Waals surface area contributed by atoms with Crippen molar-refractivity contribution in [3.63, 3.8) is 0 Å². The zero-order valence-electron chi connectivity index (χ0n) is 50.2. The van der Waals surface area contributed by atoms with Crippen LogP contribution in [-0.4, -0.2) is 37.2 Å². The number of allylic oxidation sites excluding steroid dienone is 20. The molecule has 0 aliphatic carbocycles. The fourth-order valence-electron chi connectivity index (χ4n) is 8.69. The third-order valence-electron chi connectivity index (χ3n) is 13.4. The molecule has 0 aliphatic heterocycles. The highest BCUT2D eigenvalue weighted by atomic mass is 16.6. The van der Waals surface area contributed by atoms with Crippen LogP contribution in [-0.2, 0) is 28.6 Å². The van der Waals surface area contributed by atoms with Crippen molar-refractivity contribution in [3.05, 3.63) is 122 Å². The van der Waals surface area contributed by atoms with Crippen LogP contribution in [0.15, 0.2) is 122 Å². The quantitative estimate of drug-likeness (QED) is 0.0261. The molecule has 0 N–H and O–H groups in total. The summed E-state index contributed by atoms with van der Waals surface area (Å²) in [7, 11) is 0. The number of carbonyl (C=O) groups is 3. The second-order valence-electron chi connectivity index (χ2n) is 20.9. The molecule has 0 spiro atoms. The first-order chi connectivity index (χ1) is 38.0. The number of hydrogen-bond donors (Lipinski definition) is 0. The molecular weight excluding hydrogens is 949 g/mol. The van der Waals surface area contributed by atoms with Gasteiger partial charge in [0.2, 0.25) is 0 Å². The topological polar surface area (TPSA) is 78.9 Å². The molecule has 0 fully saturated rings. The average Bonchev–Trinajstić information content (AvgIpc) is 3.43. The predicted molar refractivity (Wildman–Crippen MR) is 334 cm³/mol. The predicted octanol–water partition coefficient (Wildman–Crippen LogP) is 22.0. The summed E-state index contributed by atoms with van der Waals surface area (Å²) in [5.41, 5.74) is 0. The van der Waals surface area contributed by atoms with Gasteiger partial charge < -0.3 is 14.2 Å². The molecule has 0 aromatic heterocycles. The lowest BCUT2D eigenvalue weighted by molar-refractivity contribution is -0.167. The summed E-state index contributed by atoms with van der Waals surface area (Å²) in [6.45, 7) is 6.39. The van der Waals surface area contributed by atoms with E-state index in [9.17, 15) is 14.4 Å². The summed E-state index contributed by atoms with van der Waals surface area (Å²) in [5, 5.41) is 0. The normalized spacial score (nSPS) is 12.9. The first-order valence-electron chi connectivity index (χ1n) is 32.0. The number of ether oxygens (including phenoxy) is 3. The monoisotopic (exact) mass is 1070 g/mol. The number of rotatable bonds is 57. The summed E-state index contributed by atoms with van der Waals surface area (Å²) in [6.07, 6.45) is 89.1. The number of esters is 3. The number of unbranched alkanes of at least 4 members (excludes halogenated alkanes) is 26. The Kier molecular flexibility index (Phi) is 60.8. The van der Waals surface area contributed by atoms with Crippen molar-refractivity contribution in [1.82, 2.24) is 0 Å². The smallest absolute Gasteiger partial charge is 0.306 e. The number of carbonyl (C=O) groups excluding carboxylic acids is 3. The zero-order chi connectivity index (χ0) is 55.7. The molecular formula is C71H118O6. The van der Waals surface area contributed by atoms with E-state index in [0.29, 0.717) is 19.3 Å². The zero-order valence-corrected chi connectivity index (χ0v) is 50.2. The third kappa shape index (κ3) is 62.5. The van der Waals surface area contributed by atoms with Gasteiger partial charge in [0.05, 0.1) is 0 Å². The van der Waals surface area contributed by atoms with Crippen molar-refractivity contribution < 1.29 is 28.6 Å². The second kappa shape index (κ2) is 64.3. The van der Waals surface area contributed by atoms with Gasteiger partial charge in [0.1, 0.15) is 13.2 Å². The molecule has 0 bridgehead atoms. The molecule has 0 radical (unpaired) electrons. The van der Waals surface area contributed by atoms with E-state index in [4.69, 9.17) is 14.2 Å². The summed E-state index contributed by atoms with van der Waals surface area (Å²) in [6, 6.07) is 0. The van der Waals surface area contributed by atoms with Crippen molar-refractivity contribution in [2.75, 3.05) is 13.2 Å². The Balaban J connectivity index is 4.43. The average molecular weight is 1070 g/mol. The third-order valence-corrected chi connectivity index (χ3v) is 13.4. The Labute approximate surface area is 475 Å². The van der Waals surface area contributed by atoms with Crippen LogP contribution in [0, 0.1) is 0 Å². The summed E-state index contributed by atoms with van der Waals surface area (Å²) in [5.74, 6) is -0.931. The van der Waals surface area contributed by atoms with Crippen LogP contribution in [0.4, 0.5) is 0 Å². The van der Waals surface area contributed by atoms with Gasteiger partial charge in [0, 0.05) is 19.3 Å². The van der Waals surface area contributed by atoms with E-state index in [1.54, 1.807) is 0 Å². The van der Waals surface area contributed by atoms with Crippen molar-refractivity contribution in [1.29, 1.82) is 0 Å². The summed E-state index contributed by atoms with van der Waals surface area (Å²) < 4.78 is 16.9. The van der Waals surface area contributed by atoms with Crippen molar-refractivity contribution >= 4 is 17.9 Å². The van der Waals surface area contributed by atoms with Gasteiger partial charge in [-0.1, -0.05) is 264 Å². The minimum absolute atomic E-state index is 0.0952. The molecule has 0 amide bonds. The van der Waals surface area contributed by atoms with Gasteiger partial charge in [0.15, 0.2) is 6.10 Å². The Morgan fingerprint density at radius 2 is 0.506 bits per heavy atom. The van der Waals surface area contributed by atoms with Gasteiger partial charge in [0.25, 0.3) is 0 Å². The molecule has 0 saturated heterocycles. The second-order valence-corrected chi connectivity index (χ2v) is 20.9. The minimum Gasteiger partial charge on any atom is -0.462 e. The van der Waals surface area contributed by atoms with Gasteiger partial charge in [-0.2, -0.15) is 0 Å². The standard InChI is InChI=1S/C71H118O6/c1-4-7-10-13-16-19-22-25-28-31-33-34-35-36-38-40-43-46-49-52-55-58-61-64-70(73)76-67-68(66-75-69(72)63-60-57-54-51-48-45-42-39-30-27-24-21-18-15-12-9-6-3)77-71(74)65-62-59-56-53-50-47-44-41-37-32-29-26-23-20-17-14-11-8-5-2/h8-9,11-12,17-18,20-22,25-27,29-31,33,37,41-42,45,68H,4-7,10,13-16,19,23-24,28,32,34-36,38-40,43-44,46-67H2,1-3H3/b11-8-,12-9-,20-17-,21-18-,25-22-,29-26-,30-27-,33-31-,41-37-,45-42-. The Morgan fingerprint density at radius 1 is 0.273 bits per heavy atom.